The fourth-order valence-electron chi connectivity index (χ4n) is 1.62. The Hall–Kier alpha value is -0.970. The molecule has 1 aliphatic heterocycles. The van der Waals surface area contributed by atoms with Crippen LogP contribution in [-0.2, 0) is 0 Å². The van der Waals surface area contributed by atoms with Crippen LogP contribution in [0.25, 0.3) is 0 Å². The molecule has 14 heavy (non-hydrogen) atoms. The van der Waals surface area contributed by atoms with E-state index in [-0.39, 0.29) is 6.04 Å². The van der Waals surface area contributed by atoms with Gasteiger partial charge in [0.1, 0.15) is 0 Å². The minimum atomic E-state index is -0.932. The maximum absolute atomic E-state index is 10.9. The SMILES string of the molecule is CCC1CN(C(=O)Cl)CCN1C(=O)O. The molecule has 0 saturated carbocycles. The summed E-state index contributed by atoms with van der Waals surface area (Å²) in [6, 6.07) is -0.135. The minimum absolute atomic E-state index is 0.135. The molecule has 5 nitrogen and oxygen atoms in total. The van der Waals surface area contributed by atoms with Crippen molar-refractivity contribution in [2.24, 2.45) is 0 Å². The van der Waals surface area contributed by atoms with Gasteiger partial charge in [-0.3, -0.25) is 4.79 Å². The van der Waals surface area contributed by atoms with Crippen LogP contribution in [0.5, 0.6) is 0 Å². The first-order valence-electron chi connectivity index (χ1n) is 4.50. The smallest absolute Gasteiger partial charge is 0.407 e. The third-order valence-electron chi connectivity index (χ3n) is 2.45. The Bertz CT molecular complexity index is 247. The highest BCUT2D eigenvalue weighted by Gasteiger charge is 2.30. The first-order valence-corrected chi connectivity index (χ1v) is 4.88. The number of rotatable bonds is 1. The molecule has 1 unspecified atom stereocenters. The molecule has 0 aromatic rings. The van der Waals surface area contributed by atoms with Gasteiger partial charge in [-0.2, -0.15) is 0 Å². The number of nitrogens with zero attached hydrogens (tertiary/aromatic N) is 2. The molecule has 0 aromatic carbocycles. The van der Waals surface area contributed by atoms with Crippen LogP contribution in [0.1, 0.15) is 13.3 Å². The monoisotopic (exact) mass is 220 g/mol. The number of piperazine rings is 1. The van der Waals surface area contributed by atoms with Crippen molar-refractivity contribution >= 4 is 23.1 Å². The molecule has 6 heteroatoms. The van der Waals surface area contributed by atoms with Crippen LogP contribution in [0.15, 0.2) is 0 Å². The maximum atomic E-state index is 10.9. The zero-order valence-corrected chi connectivity index (χ0v) is 8.70. The topological polar surface area (TPSA) is 60.9 Å². The lowest BCUT2D eigenvalue weighted by atomic mass is 10.1. The van der Waals surface area contributed by atoms with E-state index >= 15 is 0 Å². The second-order valence-corrected chi connectivity index (χ2v) is 3.56. The zero-order valence-electron chi connectivity index (χ0n) is 7.94. The van der Waals surface area contributed by atoms with Gasteiger partial charge < -0.3 is 14.9 Å². The first-order chi connectivity index (χ1) is 6.56. The quantitative estimate of drug-likeness (QED) is 0.537. The molecule has 0 radical (unpaired) electrons. The maximum Gasteiger partial charge on any atom is 0.407 e. The molecule has 0 spiro atoms. The summed E-state index contributed by atoms with van der Waals surface area (Å²) in [4.78, 5) is 24.5. The Morgan fingerprint density at radius 2 is 2.14 bits per heavy atom. The lowest BCUT2D eigenvalue weighted by molar-refractivity contribution is 0.0812. The Labute approximate surface area is 87.2 Å². The van der Waals surface area contributed by atoms with Crippen LogP contribution in [-0.4, -0.2) is 52.0 Å². The van der Waals surface area contributed by atoms with E-state index in [9.17, 15) is 9.59 Å². The van der Waals surface area contributed by atoms with E-state index < -0.39 is 11.5 Å². The fraction of sp³-hybridized carbons (Fsp3) is 0.750. The van der Waals surface area contributed by atoms with Crippen molar-refractivity contribution in [1.29, 1.82) is 0 Å². The molecule has 1 saturated heterocycles. The average molecular weight is 221 g/mol. The molecule has 1 aliphatic rings. The highest BCUT2D eigenvalue weighted by Crippen LogP contribution is 2.14. The van der Waals surface area contributed by atoms with Crippen LogP contribution in [0.2, 0.25) is 0 Å². The Kier molecular flexibility index (Phi) is 3.57. The van der Waals surface area contributed by atoms with E-state index in [2.05, 4.69) is 0 Å². The van der Waals surface area contributed by atoms with E-state index in [0.29, 0.717) is 26.1 Å². The van der Waals surface area contributed by atoms with Crippen LogP contribution in [0.3, 0.4) is 0 Å². The van der Waals surface area contributed by atoms with Gasteiger partial charge in [-0.1, -0.05) is 6.92 Å². The van der Waals surface area contributed by atoms with E-state index in [4.69, 9.17) is 16.7 Å². The van der Waals surface area contributed by atoms with Crippen LogP contribution >= 0.6 is 11.6 Å². The summed E-state index contributed by atoms with van der Waals surface area (Å²) >= 11 is 5.33. The van der Waals surface area contributed by atoms with Gasteiger partial charge in [-0.15, -0.1) is 0 Å². The summed E-state index contributed by atoms with van der Waals surface area (Å²) in [5.41, 5.74) is 0. The van der Waals surface area contributed by atoms with Gasteiger partial charge in [0.2, 0.25) is 0 Å². The Morgan fingerprint density at radius 1 is 1.50 bits per heavy atom. The normalized spacial score (nSPS) is 22.3. The van der Waals surface area contributed by atoms with Crippen LogP contribution in [0.4, 0.5) is 9.59 Å². The molecule has 2 amide bonds. The van der Waals surface area contributed by atoms with Crippen molar-refractivity contribution in [2.75, 3.05) is 19.6 Å². The number of carbonyl (C=O) groups is 2. The molecule has 1 atom stereocenters. The molecule has 1 heterocycles. The van der Waals surface area contributed by atoms with Gasteiger partial charge in [0, 0.05) is 19.6 Å². The molecule has 1 fully saturated rings. The van der Waals surface area contributed by atoms with E-state index in [1.165, 1.54) is 9.80 Å². The van der Waals surface area contributed by atoms with Crippen molar-refractivity contribution in [3.63, 3.8) is 0 Å². The molecule has 0 aliphatic carbocycles. The third kappa shape index (κ3) is 2.29. The van der Waals surface area contributed by atoms with Crippen molar-refractivity contribution in [2.45, 2.75) is 19.4 Å². The standard InChI is InChI=1S/C8H13ClN2O3/c1-2-6-5-10(7(9)12)3-4-11(6)8(13)14/h6H,2-5H2,1H3,(H,13,14). The molecule has 0 bridgehead atoms. The number of amides is 2. The molecular formula is C8H13ClN2O3. The largest absolute Gasteiger partial charge is 0.465 e. The minimum Gasteiger partial charge on any atom is -0.465 e. The predicted octanol–water partition coefficient (Wildman–Crippen LogP) is 1.42. The van der Waals surface area contributed by atoms with Crippen molar-refractivity contribution in [1.82, 2.24) is 9.80 Å². The summed E-state index contributed by atoms with van der Waals surface area (Å²) in [5.74, 6) is 0. The fourth-order valence-corrected chi connectivity index (χ4v) is 1.77. The van der Waals surface area contributed by atoms with E-state index in [1.807, 2.05) is 6.92 Å². The molecule has 80 valence electrons. The van der Waals surface area contributed by atoms with Gasteiger partial charge in [0.25, 0.3) is 0 Å². The van der Waals surface area contributed by atoms with Crippen molar-refractivity contribution in [3.05, 3.63) is 0 Å². The highest BCUT2D eigenvalue weighted by atomic mass is 35.5. The van der Waals surface area contributed by atoms with Gasteiger partial charge in [0.15, 0.2) is 0 Å². The lowest BCUT2D eigenvalue weighted by Crippen LogP contribution is -2.55. The van der Waals surface area contributed by atoms with Crippen molar-refractivity contribution < 1.29 is 14.7 Å². The van der Waals surface area contributed by atoms with Gasteiger partial charge >= 0.3 is 11.5 Å². The summed E-state index contributed by atoms with van der Waals surface area (Å²) in [6.07, 6.45) is -0.244. The Morgan fingerprint density at radius 3 is 2.57 bits per heavy atom. The second kappa shape index (κ2) is 4.50. The summed E-state index contributed by atoms with van der Waals surface area (Å²) in [5, 5.41) is 8.35. The Balaban J connectivity index is 2.63. The number of hydrogen-bond donors (Lipinski definition) is 1. The summed E-state index contributed by atoms with van der Waals surface area (Å²) in [7, 11) is 0. The number of halogens is 1. The van der Waals surface area contributed by atoms with Crippen LogP contribution in [0, 0.1) is 0 Å². The van der Waals surface area contributed by atoms with E-state index in [1.54, 1.807) is 0 Å². The average Bonchev–Trinajstić information content (AvgIpc) is 2.16. The number of hydrogen-bond acceptors (Lipinski definition) is 2. The lowest BCUT2D eigenvalue weighted by Gasteiger charge is -2.38. The van der Waals surface area contributed by atoms with Crippen LogP contribution < -0.4 is 0 Å². The third-order valence-corrected chi connectivity index (χ3v) is 2.69. The first kappa shape index (κ1) is 11.1. The molecule has 1 rings (SSSR count). The summed E-state index contributed by atoms with van der Waals surface area (Å²) in [6.45, 7) is 3.01. The van der Waals surface area contributed by atoms with Gasteiger partial charge in [0.05, 0.1) is 6.04 Å². The number of carbonyl (C=O) groups excluding carboxylic acids is 1. The van der Waals surface area contributed by atoms with Gasteiger partial charge in [-0.05, 0) is 18.0 Å². The van der Waals surface area contributed by atoms with Gasteiger partial charge in [-0.25, -0.2) is 4.79 Å². The molecule has 1 N–H and O–H groups in total. The number of carboxylic acid groups (broad SMARTS) is 1. The molecule has 0 aromatic heterocycles. The highest BCUT2D eigenvalue weighted by molar-refractivity contribution is 6.62. The van der Waals surface area contributed by atoms with E-state index in [0.717, 1.165) is 0 Å². The summed E-state index contributed by atoms with van der Waals surface area (Å²) < 4.78 is 0. The second-order valence-electron chi connectivity index (χ2n) is 3.24. The zero-order chi connectivity index (χ0) is 10.7. The predicted molar refractivity (Wildman–Crippen MR) is 51.6 cm³/mol. The molecular weight excluding hydrogens is 208 g/mol. The van der Waals surface area contributed by atoms with Crippen molar-refractivity contribution in [3.8, 4) is 0 Å².